The Balaban J connectivity index is 0. The van der Waals surface area contributed by atoms with E-state index in [-0.39, 0.29) is 6.04 Å². The van der Waals surface area contributed by atoms with Crippen LogP contribution >= 0.6 is 0 Å². The Bertz CT molecular complexity index is 123. The lowest BCUT2D eigenvalue weighted by atomic mass is 10.1. The van der Waals surface area contributed by atoms with E-state index in [1.807, 2.05) is 34.7 Å². The molecule has 1 rings (SSSR count). The monoisotopic (exact) mass is 187 g/mol. The third-order valence-electron chi connectivity index (χ3n) is 1.99. The first-order valence-electron chi connectivity index (χ1n) is 5.42. The van der Waals surface area contributed by atoms with Crippen LogP contribution in [-0.2, 0) is 4.79 Å². The fourth-order valence-electron chi connectivity index (χ4n) is 1.42. The molecule has 0 aromatic heterocycles. The summed E-state index contributed by atoms with van der Waals surface area (Å²) < 4.78 is 0. The van der Waals surface area contributed by atoms with Gasteiger partial charge in [-0.2, -0.15) is 0 Å². The Morgan fingerprint density at radius 2 is 1.69 bits per heavy atom. The van der Waals surface area contributed by atoms with Gasteiger partial charge in [0.15, 0.2) is 0 Å². The minimum atomic E-state index is 0.227. The molecule has 0 aromatic rings. The van der Waals surface area contributed by atoms with Crippen molar-refractivity contribution in [1.29, 1.82) is 0 Å². The van der Waals surface area contributed by atoms with E-state index in [2.05, 4.69) is 4.90 Å². The summed E-state index contributed by atoms with van der Waals surface area (Å²) in [5.41, 5.74) is 0. The average Bonchev–Trinajstić information content (AvgIpc) is 2.58. The average molecular weight is 187 g/mol. The van der Waals surface area contributed by atoms with Crippen molar-refractivity contribution in [2.45, 2.75) is 53.5 Å². The molecule has 0 bridgehead atoms. The molecule has 1 heterocycles. The smallest absolute Gasteiger partial charge is 0.146 e. The van der Waals surface area contributed by atoms with Crippen molar-refractivity contribution in [2.24, 2.45) is 0 Å². The molecular weight excluding hydrogens is 162 g/mol. The maximum absolute atomic E-state index is 10.8. The van der Waals surface area contributed by atoms with Gasteiger partial charge in [-0.1, -0.05) is 27.7 Å². The maximum Gasteiger partial charge on any atom is 0.146 e. The summed E-state index contributed by atoms with van der Waals surface area (Å²) in [6.45, 7) is 10.8. The van der Waals surface area contributed by atoms with Crippen LogP contribution in [0, 0.1) is 0 Å². The number of likely N-dealkylation sites (N-methyl/N-ethyl adjacent to an activating group) is 1. The lowest BCUT2D eigenvalue weighted by Crippen LogP contribution is -2.30. The van der Waals surface area contributed by atoms with E-state index in [0.717, 1.165) is 13.0 Å². The highest BCUT2D eigenvalue weighted by atomic mass is 16.1. The van der Waals surface area contributed by atoms with Gasteiger partial charge in [0.1, 0.15) is 5.78 Å². The highest BCUT2D eigenvalue weighted by Gasteiger charge is 2.23. The topological polar surface area (TPSA) is 20.3 Å². The third kappa shape index (κ3) is 5.81. The number of hydrogen-bond acceptors (Lipinski definition) is 2. The maximum atomic E-state index is 10.8. The first-order chi connectivity index (χ1) is 6.22. The summed E-state index contributed by atoms with van der Waals surface area (Å²) >= 11 is 0. The fourth-order valence-corrected chi connectivity index (χ4v) is 1.42. The number of carbonyl (C=O) groups is 1. The van der Waals surface area contributed by atoms with Crippen LogP contribution in [0.5, 0.6) is 0 Å². The summed E-state index contributed by atoms with van der Waals surface area (Å²) in [7, 11) is 2.01. The van der Waals surface area contributed by atoms with Gasteiger partial charge < -0.3 is 0 Å². The molecule has 80 valence electrons. The minimum Gasteiger partial charge on any atom is -0.298 e. The van der Waals surface area contributed by atoms with Crippen molar-refractivity contribution in [3.05, 3.63) is 0 Å². The molecule has 0 saturated carbocycles. The fraction of sp³-hybridized carbons (Fsp3) is 0.909. The molecule has 1 atom stereocenters. The van der Waals surface area contributed by atoms with Crippen LogP contribution in [0.1, 0.15) is 47.5 Å². The molecule has 1 fully saturated rings. The number of nitrogens with zero attached hydrogens (tertiary/aromatic N) is 1. The number of hydrogen-bond donors (Lipinski definition) is 0. The molecule has 1 unspecified atom stereocenters. The lowest BCUT2D eigenvalue weighted by Gasteiger charge is -2.14. The second-order valence-corrected chi connectivity index (χ2v) is 2.75. The summed E-state index contributed by atoms with van der Waals surface area (Å²) in [6.07, 6.45) is 2.24. The summed E-state index contributed by atoms with van der Waals surface area (Å²) in [4.78, 5) is 12.9. The van der Waals surface area contributed by atoms with Gasteiger partial charge in [0.05, 0.1) is 6.04 Å². The normalized spacial score (nSPS) is 20.9. The summed E-state index contributed by atoms with van der Waals surface area (Å²) in [5, 5.41) is 0. The molecule has 0 radical (unpaired) electrons. The largest absolute Gasteiger partial charge is 0.298 e. The Morgan fingerprint density at radius 3 is 1.85 bits per heavy atom. The van der Waals surface area contributed by atoms with Crippen LogP contribution in [0.3, 0.4) is 0 Å². The Kier molecular flexibility index (Phi) is 11.3. The third-order valence-corrected chi connectivity index (χ3v) is 1.99. The van der Waals surface area contributed by atoms with Gasteiger partial charge >= 0.3 is 0 Å². The second-order valence-electron chi connectivity index (χ2n) is 2.75. The van der Waals surface area contributed by atoms with E-state index in [0.29, 0.717) is 5.78 Å². The number of likely N-dealkylation sites (tertiary alicyclic amines) is 1. The predicted octanol–water partition coefficient (Wildman–Crippen LogP) is 2.72. The number of Topliss-reactive ketones (excluding diaryl/α,β-unsaturated/α-hetero) is 1. The number of carbonyl (C=O) groups excluding carboxylic acids is 1. The molecule has 2 nitrogen and oxygen atoms in total. The van der Waals surface area contributed by atoms with E-state index >= 15 is 0 Å². The van der Waals surface area contributed by atoms with Crippen molar-refractivity contribution in [2.75, 3.05) is 13.6 Å². The molecule has 13 heavy (non-hydrogen) atoms. The van der Waals surface area contributed by atoms with E-state index in [9.17, 15) is 4.79 Å². The lowest BCUT2D eigenvalue weighted by molar-refractivity contribution is -0.120. The zero-order chi connectivity index (χ0) is 10.9. The van der Waals surface area contributed by atoms with Crippen molar-refractivity contribution in [3.8, 4) is 0 Å². The second kappa shape index (κ2) is 9.72. The van der Waals surface area contributed by atoms with Crippen molar-refractivity contribution in [3.63, 3.8) is 0 Å². The van der Waals surface area contributed by atoms with Gasteiger partial charge in [-0.3, -0.25) is 9.69 Å². The van der Waals surface area contributed by atoms with E-state index in [4.69, 9.17) is 0 Å². The first kappa shape index (κ1) is 15.1. The van der Waals surface area contributed by atoms with E-state index in [1.165, 1.54) is 6.42 Å². The summed E-state index contributed by atoms with van der Waals surface area (Å²) in [6, 6.07) is 0.227. The van der Waals surface area contributed by atoms with Crippen molar-refractivity contribution < 1.29 is 4.79 Å². The number of ketones is 1. The van der Waals surface area contributed by atoms with Gasteiger partial charge in [0.2, 0.25) is 0 Å². The number of rotatable bonds is 1. The van der Waals surface area contributed by atoms with Gasteiger partial charge in [-0.05, 0) is 33.4 Å². The summed E-state index contributed by atoms with van der Waals surface area (Å²) in [5.74, 6) is 0.315. The van der Waals surface area contributed by atoms with E-state index < -0.39 is 0 Å². The molecule has 0 aliphatic carbocycles. The van der Waals surface area contributed by atoms with E-state index in [1.54, 1.807) is 6.92 Å². The molecule has 1 aliphatic heterocycles. The standard InChI is InChI=1S/C7H13NO.2C2H6/c1-6(9)7-4-3-5-8(7)2;2*1-2/h7H,3-5H2,1-2H3;2*1-2H3. The van der Waals surface area contributed by atoms with Crippen LogP contribution in [0.2, 0.25) is 0 Å². The molecule has 0 spiro atoms. The van der Waals surface area contributed by atoms with Crippen LogP contribution in [0.25, 0.3) is 0 Å². The van der Waals surface area contributed by atoms with Gasteiger partial charge in [0.25, 0.3) is 0 Å². The Morgan fingerprint density at radius 1 is 1.23 bits per heavy atom. The van der Waals surface area contributed by atoms with Crippen molar-refractivity contribution in [1.82, 2.24) is 4.90 Å². The van der Waals surface area contributed by atoms with Gasteiger partial charge in [0, 0.05) is 0 Å². The molecule has 2 heteroatoms. The minimum absolute atomic E-state index is 0.227. The quantitative estimate of drug-likeness (QED) is 0.629. The van der Waals surface area contributed by atoms with Crippen molar-refractivity contribution >= 4 is 5.78 Å². The van der Waals surface area contributed by atoms with Crippen LogP contribution < -0.4 is 0 Å². The molecule has 0 N–H and O–H groups in total. The Labute approximate surface area is 83.3 Å². The van der Waals surface area contributed by atoms with Crippen LogP contribution in [0.15, 0.2) is 0 Å². The first-order valence-corrected chi connectivity index (χ1v) is 5.42. The Hall–Kier alpha value is -0.370. The molecule has 1 saturated heterocycles. The predicted molar refractivity (Wildman–Crippen MR) is 59.0 cm³/mol. The zero-order valence-electron chi connectivity index (χ0n) is 10.1. The van der Waals surface area contributed by atoms with Crippen LogP contribution in [0.4, 0.5) is 0 Å². The highest BCUT2D eigenvalue weighted by molar-refractivity contribution is 5.81. The molecule has 0 aromatic carbocycles. The highest BCUT2D eigenvalue weighted by Crippen LogP contribution is 2.14. The molecular formula is C11H25NO. The van der Waals surface area contributed by atoms with Crippen LogP contribution in [-0.4, -0.2) is 30.3 Å². The zero-order valence-corrected chi connectivity index (χ0v) is 10.1. The van der Waals surface area contributed by atoms with Gasteiger partial charge in [-0.15, -0.1) is 0 Å². The molecule has 1 aliphatic rings. The SMILES string of the molecule is CC.CC.CC(=O)C1CCCN1C. The van der Waals surface area contributed by atoms with Gasteiger partial charge in [-0.25, -0.2) is 0 Å². The molecule has 0 amide bonds.